The van der Waals surface area contributed by atoms with E-state index in [1.54, 1.807) is 31.2 Å². The third-order valence-corrected chi connectivity index (χ3v) is 3.63. The van der Waals surface area contributed by atoms with Gasteiger partial charge in [-0.05, 0) is 42.3 Å². The number of nitrogens with one attached hydrogen (secondary N) is 1. The van der Waals surface area contributed by atoms with Crippen LogP contribution in [-0.2, 0) is 11.2 Å². The van der Waals surface area contributed by atoms with Crippen LogP contribution in [0.3, 0.4) is 0 Å². The van der Waals surface area contributed by atoms with Crippen LogP contribution in [0.5, 0.6) is 11.5 Å². The smallest absolute Gasteiger partial charge is 0.227 e. The second kappa shape index (κ2) is 6.00. The summed E-state index contributed by atoms with van der Waals surface area (Å²) in [6.07, 6.45) is 1.81. The van der Waals surface area contributed by atoms with Crippen LogP contribution < -0.4 is 5.32 Å². The highest BCUT2D eigenvalue weighted by molar-refractivity contribution is 5.94. The molecule has 0 aliphatic rings. The van der Waals surface area contributed by atoms with Gasteiger partial charge in [-0.2, -0.15) is 0 Å². The molecule has 1 aromatic heterocycles. The van der Waals surface area contributed by atoms with E-state index in [0.717, 1.165) is 5.56 Å². The molecule has 3 aromatic rings. The van der Waals surface area contributed by atoms with Crippen molar-refractivity contribution in [3.63, 3.8) is 0 Å². The number of carbonyl (C=O) groups excluding carboxylic acids is 1. The lowest BCUT2D eigenvalue weighted by atomic mass is 10.00. The van der Waals surface area contributed by atoms with Gasteiger partial charge >= 0.3 is 0 Å². The Bertz CT molecular complexity index is 857. The van der Waals surface area contributed by atoms with Crippen molar-refractivity contribution < 1.29 is 19.4 Å². The first-order valence-electron chi connectivity index (χ1n) is 7.18. The Labute approximate surface area is 132 Å². The fraction of sp³-hybridized carbons (Fsp3) is 0.176. The topological polar surface area (TPSA) is 95.6 Å². The van der Waals surface area contributed by atoms with E-state index in [0.29, 0.717) is 23.2 Å². The van der Waals surface area contributed by atoms with Gasteiger partial charge in [-0.25, -0.2) is 4.98 Å². The zero-order valence-corrected chi connectivity index (χ0v) is 12.5. The summed E-state index contributed by atoms with van der Waals surface area (Å²) in [7, 11) is 0. The van der Waals surface area contributed by atoms with E-state index >= 15 is 0 Å². The summed E-state index contributed by atoms with van der Waals surface area (Å²) >= 11 is 0. The summed E-state index contributed by atoms with van der Waals surface area (Å²) < 4.78 is 5.16. The molecule has 118 valence electrons. The summed E-state index contributed by atoms with van der Waals surface area (Å²) in [5, 5.41) is 21.6. The minimum atomic E-state index is -0.299. The van der Waals surface area contributed by atoms with Crippen LogP contribution in [0.4, 0.5) is 5.69 Å². The van der Waals surface area contributed by atoms with Crippen LogP contribution in [0.25, 0.3) is 11.1 Å². The summed E-state index contributed by atoms with van der Waals surface area (Å²) in [6.45, 7) is 1.80. The highest BCUT2D eigenvalue weighted by atomic mass is 16.3. The van der Waals surface area contributed by atoms with Crippen LogP contribution in [0.1, 0.15) is 12.5 Å². The fourth-order valence-corrected chi connectivity index (χ4v) is 2.34. The molecule has 0 aliphatic carbocycles. The first kappa shape index (κ1) is 14.9. The molecular formula is C17H16N2O4. The second-order valence-electron chi connectivity index (χ2n) is 5.45. The van der Waals surface area contributed by atoms with E-state index in [1.165, 1.54) is 18.5 Å². The van der Waals surface area contributed by atoms with Gasteiger partial charge in [-0.15, -0.1) is 0 Å². The lowest BCUT2D eigenvalue weighted by molar-refractivity contribution is -0.119. The first-order chi connectivity index (χ1) is 11.0. The predicted molar refractivity (Wildman–Crippen MR) is 85.3 cm³/mol. The van der Waals surface area contributed by atoms with Gasteiger partial charge in [0.15, 0.2) is 23.5 Å². The SMILES string of the molecule is CC(Cc1ccc(O)c(O)c1)C(=O)Nc1ccc2ocnc2c1. The maximum absolute atomic E-state index is 12.3. The van der Waals surface area contributed by atoms with Crippen LogP contribution in [0, 0.1) is 5.92 Å². The van der Waals surface area contributed by atoms with Crippen LogP contribution in [-0.4, -0.2) is 21.1 Å². The summed E-state index contributed by atoms with van der Waals surface area (Å²) in [5.74, 6) is -0.800. The molecule has 0 aliphatic heterocycles. The lowest BCUT2D eigenvalue weighted by Crippen LogP contribution is -2.22. The second-order valence-corrected chi connectivity index (χ2v) is 5.45. The minimum absolute atomic E-state index is 0.139. The number of anilines is 1. The molecule has 3 N–H and O–H groups in total. The van der Waals surface area contributed by atoms with Crippen molar-refractivity contribution in [2.75, 3.05) is 5.32 Å². The van der Waals surface area contributed by atoms with E-state index in [2.05, 4.69) is 10.3 Å². The average molecular weight is 312 g/mol. The van der Waals surface area contributed by atoms with E-state index in [4.69, 9.17) is 4.42 Å². The molecule has 23 heavy (non-hydrogen) atoms. The molecule has 0 bridgehead atoms. The number of aromatic nitrogens is 1. The molecular weight excluding hydrogens is 296 g/mol. The van der Waals surface area contributed by atoms with Gasteiger partial charge < -0.3 is 19.9 Å². The number of nitrogens with zero attached hydrogens (tertiary/aromatic N) is 1. The number of rotatable bonds is 4. The highest BCUT2D eigenvalue weighted by Crippen LogP contribution is 2.26. The maximum Gasteiger partial charge on any atom is 0.227 e. The van der Waals surface area contributed by atoms with Crippen molar-refractivity contribution in [3.8, 4) is 11.5 Å². The van der Waals surface area contributed by atoms with E-state index in [9.17, 15) is 15.0 Å². The van der Waals surface area contributed by atoms with E-state index in [-0.39, 0.29) is 23.3 Å². The lowest BCUT2D eigenvalue weighted by Gasteiger charge is -2.12. The minimum Gasteiger partial charge on any atom is -0.504 e. The largest absolute Gasteiger partial charge is 0.504 e. The molecule has 0 radical (unpaired) electrons. The molecule has 6 nitrogen and oxygen atoms in total. The number of phenolic OH excluding ortho intramolecular Hbond substituents is 2. The monoisotopic (exact) mass is 312 g/mol. The van der Waals surface area contributed by atoms with E-state index in [1.807, 2.05) is 0 Å². The first-order valence-corrected chi connectivity index (χ1v) is 7.18. The Morgan fingerprint density at radius 3 is 2.83 bits per heavy atom. The van der Waals surface area contributed by atoms with Crippen LogP contribution >= 0.6 is 0 Å². The Morgan fingerprint density at radius 2 is 2.04 bits per heavy atom. The molecule has 3 rings (SSSR count). The molecule has 1 atom stereocenters. The Hall–Kier alpha value is -3.02. The number of hydrogen-bond donors (Lipinski definition) is 3. The van der Waals surface area contributed by atoms with Crippen molar-refractivity contribution in [1.82, 2.24) is 4.98 Å². The number of fused-ring (bicyclic) bond motifs is 1. The molecule has 2 aromatic carbocycles. The third-order valence-electron chi connectivity index (χ3n) is 3.63. The van der Waals surface area contributed by atoms with Gasteiger partial charge in [0, 0.05) is 11.6 Å². The van der Waals surface area contributed by atoms with Gasteiger partial charge in [-0.1, -0.05) is 13.0 Å². The number of amides is 1. The van der Waals surface area contributed by atoms with Crippen molar-refractivity contribution in [1.29, 1.82) is 0 Å². The number of carbonyl (C=O) groups is 1. The van der Waals surface area contributed by atoms with Crippen molar-refractivity contribution >= 4 is 22.7 Å². The Balaban J connectivity index is 1.67. The fourth-order valence-electron chi connectivity index (χ4n) is 2.34. The molecule has 1 amide bonds. The van der Waals surface area contributed by atoms with E-state index < -0.39 is 0 Å². The number of hydrogen-bond acceptors (Lipinski definition) is 5. The molecule has 1 unspecified atom stereocenters. The van der Waals surface area contributed by atoms with Crippen LogP contribution in [0.15, 0.2) is 47.2 Å². The number of phenols is 2. The summed E-state index contributed by atoms with van der Waals surface area (Å²) in [6, 6.07) is 9.80. The molecule has 0 fully saturated rings. The third kappa shape index (κ3) is 3.26. The normalized spacial score (nSPS) is 12.2. The highest BCUT2D eigenvalue weighted by Gasteiger charge is 2.15. The van der Waals surface area contributed by atoms with Gasteiger partial charge in [-0.3, -0.25) is 4.79 Å². The van der Waals surface area contributed by atoms with Gasteiger partial charge in [0.25, 0.3) is 0 Å². The maximum atomic E-state index is 12.3. The van der Waals surface area contributed by atoms with Crippen molar-refractivity contribution in [2.24, 2.45) is 5.92 Å². The Kier molecular flexibility index (Phi) is 3.89. The number of benzene rings is 2. The molecule has 6 heteroatoms. The molecule has 0 saturated heterocycles. The van der Waals surface area contributed by atoms with Gasteiger partial charge in [0.05, 0.1) is 0 Å². The zero-order valence-electron chi connectivity index (χ0n) is 12.5. The van der Waals surface area contributed by atoms with Crippen molar-refractivity contribution in [3.05, 3.63) is 48.4 Å². The zero-order chi connectivity index (χ0) is 16.4. The van der Waals surface area contributed by atoms with Crippen molar-refractivity contribution in [2.45, 2.75) is 13.3 Å². The van der Waals surface area contributed by atoms with Gasteiger partial charge in [0.1, 0.15) is 5.52 Å². The number of oxazole rings is 1. The molecule has 0 spiro atoms. The Morgan fingerprint density at radius 1 is 1.22 bits per heavy atom. The summed E-state index contributed by atoms with van der Waals surface area (Å²) in [4.78, 5) is 16.3. The van der Waals surface area contributed by atoms with Crippen LogP contribution in [0.2, 0.25) is 0 Å². The average Bonchev–Trinajstić information content (AvgIpc) is 2.98. The number of aromatic hydroxyl groups is 2. The predicted octanol–water partition coefficient (Wildman–Crippen LogP) is 3.06. The summed E-state index contributed by atoms with van der Waals surface area (Å²) in [5.41, 5.74) is 2.77. The quantitative estimate of drug-likeness (QED) is 0.643. The van der Waals surface area contributed by atoms with Gasteiger partial charge in [0.2, 0.25) is 5.91 Å². The molecule has 0 saturated carbocycles. The standard InChI is InChI=1S/C17H16N2O4/c1-10(6-11-2-4-14(20)15(21)7-11)17(22)19-12-3-5-16-13(8-12)18-9-23-16/h2-5,7-10,20-21H,6H2,1H3,(H,19,22). The molecule has 1 heterocycles.